The smallest absolute Gasteiger partial charge is 0.296 e. The molecule has 0 bridgehead atoms. The largest absolute Gasteiger partial charge is 0.386 e. The molecule has 0 spiro atoms. The summed E-state index contributed by atoms with van der Waals surface area (Å²) in [6.07, 6.45) is -3.98. The zero-order valence-electron chi connectivity index (χ0n) is 14.6. The molecule has 0 saturated heterocycles. The highest BCUT2D eigenvalue weighted by atomic mass is 32.2. The van der Waals surface area contributed by atoms with Crippen molar-refractivity contribution < 1.29 is 26.6 Å². The van der Waals surface area contributed by atoms with Crippen LogP contribution in [-0.2, 0) is 26.3 Å². The molecule has 0 aliphatic carbocycles. The van der Waals surface area contributed by atoms with Crippen molar-refractivity contribution >= 4 is 27.0 Å². The van der Waals surface area contributed by atoms with Crippen LogP contribution in [0.25, 0.3) is 0 Å². The SMILES string of the molecule is C=S1(=O)C[C@@](C)(c2cc(CC(=O)C(F)F)cc(F)c2F)N=C(N)C1(C)C. The molecule has 1 aliphatic heterocycles. The summed E-state index contributed by atoms with van der Waals surface area (Å²) in [4.78, 5) is 15.5. The zero-order valence-corrected chi connectivity index (χ0v) is 15.4. The third kappa shape index (κ3) is 3.36. The number of rotatable bonds is 4. The van der Waals surface area contributed by atoms with Gasteiger partial charge in [0.25, 0.3) is 6.43 Å². The molecule has 144 valence electrons. The first-order chi connectivity index (χ1) is 11.7. The number of halogens is 4. The van der Waals surface area contributed by atoms with E-state index in [0.717, 1.165) is 6.07 Å². The topological polar surface area (TPSA) is 72.5 Å². The summed E-state index contributed by atoms with van der Waals surface area (Å²) in [5, 5.41) is 0. The number of benzene rings is 1. The van der Waals surface area contributed by atoms with Gasteiger partial charge in [-0.25, -0.2) is 17.6 Å². The number of aliphatic imine (C=N–C) groups is 1. The minimum absolute atomic E-state index is 0.0277. The van der Waals surface area contributed by atoms with Crippen molar-refractivity contribution in [3.8, 4) is 0 Å². The zero-order chi connectivity index (χ0) is 20.1. The van der Waals surface area contributed by atoms with Gasteiger partial charge in [0, 0.05) is 17.7 Å². The van der Waals surface area contributed by atoms with E-state index in [4.69, 9.17) is 5.73 Å². The lowest BCUT2D eigenvalue weighted by Crippen LogP contribution is -2.54. The van der Waals surface area contributed by atoms with Crippen LogP contribution in [-0.4, -0.2) is 38.6 Å². The third-order valence-electron chi connectivity index (χ3n) is 4.72. The maximum Gasteiger partial charge on any atom is 0.296 e. The molecule has 1 aliphatic rings. The summed E-state index contributed by atoms with van der Waals surface area (Å²) in [6, 6.07) is 1.77. The summed E-state index contributed by atoms with van der Waals surface area (Å²) in [6.45, 7) is 4.60. The summed E-state index contributed by atoms with van der Waals surface area (Å²) in [7, 11) is -2.88. The predicted molar refractivity (Wildman–Crippen MR) is 94.3 cm³/mol. The molecule has 0 saturated carbocycles. The Morgan fingerprint density at radius 2 is 1.92 bits per heavy atom. The number of amidine groups is 1. The Balaban J connectivity index is 2.62. The van der Waals surface area contributed by atoms with Crippen molar-refractivity contribution in [3.63, 3.8) is 0 Å². The first-order valence-corrected chi connectivity index (χ1v) is 9.60. The first-order valence-electron chi connectivity index (χ1n) is 7.71. The summed E-state index contributed by atoms with van der Waals surface area (Å²) in [5.74, 6) is -0.526. The monoisotopic (exact) mass is 392 g/mol. The van der Waals surface area contributed by atoms with Crippen LogP contribution in [0.4, 0.5) is 17.6 Å². The number of hydrogen-bond acceptors (Lipinski definition) is 4. The minimum Gasteiger partial charge on any atom is -0.386 e. The average molecular weight is 392 g/mol. The molecule has 2 atom stereocenters. The molecular formula is C17H20F4N2O2S. The van der Waals surface area contributed by atoms with E-state index in [-0.39, 0.29) is 22.7 Å². The van der Waals surface area contributed by atoms with Gasteiger partial charge in [0.1, 0.15) is 5.84 Å². The maximum absolute atomic E-state index is 14.4. The number of alkyl halides is 2. The Hall–Kier alpha value is -1.90. The Morgan fingerprint density at radius 3 is 2.42 bits per heavy atom. The van der Waals surface area contributed by atoms with Gasteiger partial charge in [-0.05, 0) is 53.9 Å². The van der Waals surface area contributed by atoms with Crippen LogP contribution < -0.4 is 5.73 Å². The highest BCUT2D eigenvalue weighted by molar-refractivity contribution is 8.02. The fourth-order valence-electron chi connectivity index (χ4n) is 2.81. The van der Waals surface area contributed by atoms with E-state index in [0.29, 0.717) is 6.07 Å². The van der Waals surface area contributed by atoms with Crippen molar-refractivity contribution in [2.45, 2.75) is 43.9 Å². The van der Waals surface area contributed by atoms with E-state index in [1.807, 2.05) is 0 Å². The molecule has 2 N–H and O–H groups in total. The van der Waals surface area contributed by atoms with E-state index in [1.165, 1.54) is 6.92 Å². The van der Waals surface area contributed by atoms with Crippen molar-refractivity contribution in [2.75, 3.05) is 5.75 Å². The molecule has 0 fully saturated rings. The van der Waals surface area contributed by atoms with Gasteiger partial charge in [-0.15, -0.1) is 0 Å². The van der Waals surface area contributed by atoms with Crippen molar-refractivity contribution in [3.05, 3.63) is 34.9 Å². The van der Waals surface area contributed by atoms with E-state index < -0.39 is 50.1 Å². The molecular weight excluding hydrogens is 372 g/mol. The lowest BCUT2D eigenvalue weighted by molar-refractivity contribution is -0.128. The Morgan fingerprint density at radius 1 is 1.35 bits per heavy atom. The van der Waals surface area contributed by atoms with Crippen LogP contribution in [0.3, 0.4) is 0 Å². The number of nitrogens with two attached hydrogens (primary N) is 1. The molecule has 2 rings (SSSR count). The second-order valence-electron chi connectivity index (χ2n) is 7.12. The Labute approximate surface area is 149 Å². The van der Waals surface area contributed by atoms with Crippen LogP contribution in [0.15, 0.2) is 17.1 Å². The number of ketones is 1. The first kappa shape index (κ1) is 20.4. The van der Waals surface area contributed by atoms with Crippen LogP contribution in [0.1, 0.15) is 31.9 Å². The van der Waals surface area contributed by atoms with Gasteiger partial charge in [0.05, 0.1) is 10.3 Å². The van der Waals surface area contributed by atoms with Crippen LogP contribution in [0, 0.1) is 11.6 Å². The second-order valence-corrected chi connectivity index (χ2v) is 10.1. The van der Waals surface area contributed by atoms with Crippen molar-refractivity contribution in [1.29, 1.82) is 0 Å². The van der Waals surface area contributed by atoms with E-state index in [2.05, 4.69) is 10.9 Å². The fraction of sp³-hybridized carbons (Fsp3) is 0.471. The van der Waals surface area contributed by atoms with Gasteiger partial charge in [-0.1, -0.05) is 0 Å². The molecule has 26 heavy (non-hydrogen) atoms. The van der Waals surface area contributed by atoms with Gasteiger partial charge in [0.2, 0.25) is 5.78 Å². The molecule has 0 radical (unpaired) electrons. The molecule has 9 heteroatoms. The lowest BCUT2D eigenvalue weighted by atomic mass is 9.90. The summed E-state index contributed by atoms with van der Waals surface area (Å²) < 4.78 is 65.3. The maximum atomic E-state index is 14.4. The highest BCUT2D eigenvalue weighted by Gasteiger charge is 2.46. The van der Waals surface area contributed by atoms with Crippen LogP contribution in [0.5, 0.6) is 0 Å². The average Bonchev–Trinajstić information content (AvgIpc) is 2.48. The molecule has 0 aromatic heterocycles. The number of nitrogens with zero attached hydrogens (tertiary/aromatic N) is 1. The summed E-state index contributed by atoms with van der Waals surface area (Å²) >= 11 is 0. The number of carbonyl (C=O) groups excluding carboxylic acids is 1. The van der Waals surface area contributed by atoms with Gasteiger partial charge < -0.3 is 5.73 Å². The molecule has 0 amide bonds. The minimum atomic E-state index is -3.22. The molecule has 4 nitrogen and oxygen atoms in total. The van der Waals surface area contributed by atoms with Crippen molar-refractivity contribution in [2.24, 2.45) is 10.7 Å². The number of hydrogen-bond donors (Lipinski definition) is 1. The van der Waals surface area contributed by atoms with Gasteiger partial charge in [-0.2, -0.15) is 0 Å². The molecule has 1 heterocycles. The molecule has 1 aromatic rings. The van der Waals surface area contributed by atoms with Crippen molar-refractivity contribution in [1.82, 2.24) is 0 Å². The molecule has 1 aromatic carbocycles. The summed E-state index contributed by atoms with van der Waals surface area (Å²) in [5.41, 5.74) is 3.98. The molecule has 1 unspecified atom stereocenters. The van der Waals surface area contributed by atoms with Crippen LogP contribution in [0.2, 0.25) is 0 Å². The second kappa shape index (κ2) is 6.37. The van der Waals surface area contributed by atoms with E-state index in [1.54, 1.807) is 13.8 Å². The third-order valence-corrected chi connectivity index (χ3v) is 7.82. The van der Waals surface area contributed by atoms with Gasteiger partial charge in [0.15, 0.2) is 11.6 Å². The van der Waals surface area contributed by atoms with E-state index in [9.17, 15) is 26.6 Å². The van der Waals surface area contributed by atoms with Gasteiger partial charge >= 0.3 is 0 Å². The lowest BCUT2D eigenvalue weighted by Gasteiger charge is -2.41. The Kier molecular flexibility index (Phi) is 5.00. The fourth-order valence-corrected chi connectivity index (χ4v) is 4.73. The predicted octanol–water partition coefficient (Wildman–Crippen LogP) is 2.42. The quantitative estimate of drug-likeness (QED) is 0.632. The number of Topliss-reactive ketones (excluding diaryl/α,β-unsaturated/α-hetero) is 1. The number of carbonyl (C=O) groups is 1. The van der Waals surface area contributed by atoms with E-state index >= 15 is 0 Å². The standard InChI is InChI=1S/C17H20F4N2O2S/c1-16(2)15(22)23-17(3,8-26(16,4)25)10-5-9(6-11(18)13(10)19)7-12(24)14(20)21/h5-6,14H,4,7-8H2,1-3H3,(H2,22,23)/t17-,26?/m0/s1. The highest BCUT2D eigenvalue weighted by Crippen LogP contribution is 2.38. The normalized spacial score (nSPS) is 28.1. The van der Waals surface area contributed by atoms with Gasteiger partial charge in [-0.3, -0.25) is 14.0 Å². The van der Waals surface area contributed by atoms with Crippen LogP contribution >= 0.6 is 0 Å². The Bertz CT molecular complexity index is 894.